The molecule has 2 aliphatic rings. The standard InChI is InChI=1S/C16H15BrF3N/c17-13-5-2-6-15-12(13)7-8-14(21-15)10-3-1-4-11(9-10)16(18,19)20/h2-3,5-6,9,14,21H,1,4,7-8H2. The summed E-state index contributed by atoms with van der Waals surface area (Å²) in [6.45, 7) is 0. The van der Waals surface area contributed by atoms with E-state index in [2.05, 4.69) is 21.2 Å². The van der Waals surface area contributed by atoms with Crippen molar-refractivity contribution in [3.8, 4) is 0 Å². The quantitative estimate of drug-likeness (QED) is 0.710. The van der Waals surface area contributed by atoms with Gasteiger partial charge >= 0.3 is 6.18 Å². The Labute approximate surface area is 130 Å². The zero-order chi connectivity index (χ0) is 15.0. The van der Waals surface area contributed by atoms with Gasteiger partial charge in [-0.3, -0.25) is 0 Å². The first-order valence-corrected chi connectivity index (χ1v) is 7.76. The van der Waals surface area contributed by atoms with E-state index in [9.17, 15) is 13.2 Å². The van der Waals surface area contributed by atoms with Crippen LogP contribution in [0.25, 0.3) is 0 Å². The van der Waals surface area contributed by atoms with Gasteiger partial charge in [0.1, 0.15) is 0 Å². The number of fused-ring (bicyclic) bond motifs is 1. The topological polar surface area (TPSA) is 12.0 Å². The molecule has 112 valence electrons. The molecule has 1 N–H and O–H groups in total. The van der Waals surface area contributed by atoms with E-state index in [1.54, 1.807) is 0 Å². The monoisotopic (exact) mass is 357 g/mol. The lowest BCUT2D eigenvalue weighted by molar-refractivity contribution is -0.0941. The lowest BCUT2D eigenvalue weighted by Crippen LogP contribution is -2.28. The third-order valence-corrected chi connectivity index (χ3v) is 4.78. The lowest BCUT2D eigenvalue weighted by atomic mass is 9.88. The van der Waals surface area contributed by atoms with Crippen molar-refractivity contribution in [3.63, 3.8) is 0 Å². The van der Waals surface area contributed by atoms with Gasteiger partial charge in [-0.15, -0.1) is 0 Å². The van der Waals surface area contributed by atoms with Gasteiger partial charge in [0, 0.05) is 15.7 Å². The van der Waals surface area contributed by atoms with Crippen LogP contribution in [0, 0.1) is 0 Å². The number of allylic oxidation sites excluding steroid dienone is 2. The number of halogens is 4. The average Bonchev–Trinajstić information content (AvgIpc) is 2.46. The van der Waals surface area contributed by atoms with Gasteiger partial charge in [0.25, 0.3) is 0 Å². The second kappa shape index (κ2) is 5.52. The van der Waals surface area contributed by atoms with Crippen LogP contribution in [0.2, 0.25) is 0 Å². The number of rotatable bonds is 1. The Kier molecular flexibility index (Phi) is 3.86. The van der Waals surface area contributed by atoms with E-state index in [-0.39, 0.29) is 12.5 Å². The first kappa shape index (κ1) is 14.7. The number of anilines is 1. The van der Waals surface area contributed by atoms with Crippen molar-refractivity contribution >= 4 is 21.6 Å². The molecule has 0 aromatic heterocycles. The molecule has 3 rings (SSSR count). The number of hydrogen-bond acceptors (Lipinski definition) is 1. The Balaban J connectivity index is 1.84. The minimum absolute atomic E-state index is 0.0375. The van der Waals surface area contributed by atoms with Gasteiger partial charge in [0.15, 0.2) is 0 Å². The lowest BCUT2D eigenvalue weighted by Gasteiger charge is -2.30. The SMILES string of the molecule is FC(F)(F)C1=CC(C2CCc3c(Br)cccc3N2)=CCC1. The fraction of sp³-hybridized carbons (Fsp3) is 0.375. The average molecular weight is 358 g/mol. The molecule has 0 fully saturated rings. The first-order valence-electron chi connectivity index (χ1n) is 6.97. The molecule has 1 nitrogen and oxygen atoms in total. The molecule has 1 aromatic rings. The Morgan fingerprint density at radius 1 is 1.19 bits per heavy atom. The normalized spacial score (nSPS) is 22.0. The molecule has 21 heavy (non-hydrogen) atoms. The Hall–Kier alpha value is -1.23. The van der Waals surface area contributed by atoms with Crippen molar-refractivity contribution in [3.05, 3.63) is 51.5 Å². The maximum atomic E-state index is 12.9. The smallest absolute Gasteiger partial charge is 0.378 e. The van der Waals surface area contributed by atoms with Crippen LogP contribution in [0.1, 0.15) is 24.8 Å². The van der Waals surface area contributed by atoms with Crippen molar-refractivity contribution in [1.29, 1.82) is 0 Å². The van der Waals surface area contributed by atoms with Crippen molar-refractivity contribution in [1.82, 2.24) is 0 Å². The van der Waals surface area contributed by atoms with Gasteiger partial charge in [-0.1, -0.05) is 28.1 Å². The third kappa shape index (κ3) is 3.03. The molecule has 1 aliphatic carbocycles. The van der Waals surface area contributed by atoms with E-state index in [1.807, 2.05) is 24.3 Å². The van der Waals surface area contributed by atoms with Crippen molar-refractivity contribution in [2.45, 2.75) is 37.9 Å². The van der Waals surface area contributed by atoms with Gasteiger partial charge in [-0.05, 0) is 55.0 Å². The van der Waals surface area contributed by atoms with Gasteiger partial charge in [-0.25, -0.2) is 0 Å². The molecular weight excluding hydrogens is 343 g/mol. The molecule has 0 spiro atoms. The molecule has 1 aromatic carbocycles. The van der Waals surface area contributed by atoms with Crippen LogP contribution in [0.5, 0.6) is 0 Å². The highest BCUT2D eigenvalue weighted by molar-refractivity contribution is 9.10. The van der Waals surface area contributed by atoms with E-state index in [0.717, 1.165) is 28.6 Å². The van der Waals surface area contributed by atoms with Crippen LogP contribution >= 0.6 is 15.9 Å². The van der Waals surface area contributed by atoms with Crippen LogP contribution in [0.15, 0.2) is 46.0 Å². The van der Waals surface area contributed by atoms with Crippen LogP contribution in [-0.4, -0.2) is 12.2 Å². The molecule has 1 atom stereocenters. The predicted molar refractivity (Wildman–Crippen MR) is 81.3 cm³/mol. The van der Waals surface area contributed by atoms with Crippen molar-refractivity contribution < 1.29 is 13.2 Å². The second-order valence-corrected chi connectivity index (χ2v) is 6.27. The summed E-state index contributed by atoms with van der Waals surface area (Å²) in [4.78, 5) is 0. The molecule has 0 saturated carbocycles. The number of hydrogen-bond donors (Lipinski definition) is 1. The summed E-state index contributed by atoms with van der Waals surface area (Å²) in [5.74, 6) is 0. The Morgan fingerprint density at radius 3 is 2.76 bits per heavy atom. The summed E-state index contributed by atoms with van der Waals surface area (Å²) in [5.41, 5.74) is 2.56. The highest BCUT2D eigenvalue weighted by Gasteiger charge is 2.35. The minimum Gasteiger partial charge on any atom is -0.378 e. The highest BCUT2D eigenvalue weighted by Crippen LogP contribution is 2.37. The summed E-state index contributed by atoms with van der Waals surface area (Å²) >= 11 is 3.52. The maximum Gasteiger partial charge on any atom is 0.412 e. The van der Waals surface area contributed by atoms with Crippen LogP contribution in [0.3, 0.4) is 0 Å². The fourth-order valence-electron chi connectivity index (χ4n) is 2.94. The van der Waals surface area contributed by atoms with Gasteiger partial charge in [0.2, 0.25) is 0 Å². The van der Waals surface area contributed by atoms with E-state index in [0.29, 0.717) is 6.42 Å². The highest BCUT2D eigenvalue weighted by atomic mass is 79.9. The molecule has 0 amide bonds. The summed E-state index contributed by atoms with van der Waals surface area (Å²) in [5, 5.41) is 3.37. The van der Waals surface area contributed by atoms with Gasteiger partial charge < -0.3 is 5.32 Å². The number of nitrogens with one attached hydrogen (secondary N) is 1. The Morgan fingerprint density at radius 2 is 2.00 bits per heavy atom. The first-order chi connectivity index (χ1) is 9.95. The molecule has 1 unspecified atom stereocenters. The predicted octanol–water partition coefficient (Wildman–Crippen LogP) is 5.38. The summed E-state index contributed by atoms with van der Waals surface area (Å²) < 4.78 is 39.6. The van der Waals surface area contributed by atoms with E-state index >= 15 is 0 Å². The van der Waals surface area contributed by atoms with E-state index in [4.69, 9.17) is 0 Å². The molecule has 5 heteroatoms. The van der Waals surface area contributed by atoms with Crippen LogP contribution in [-0.2, 0) is 6.42 Å². The zero-order valence-corrected chi connectivity index (χ0v) is 12.9. The summed E-state index contributed by atoms with van der Waals surface area (Å²) in [6.07, 6.45) is 1.26. The molecule has 1 heterocycles. The van der Waals surface area contributed by atoms with Crippen molar-refractivity contribution in [2.75, 3.05) is 5.32 Å². The zero-order valence-electron chi connectivity index (χ0n) is 11.3. The third-order valence-electron chi connectivity index (χ3n) is 4.03. The molecule has 0 saturated heterocycles. The van der Waals surface area contributed by atoms with E-state index in [1.165, 1.54) is 11.6 Å². The van der Waals surface area contributed by atoms with Gasteiger partial charge in [-0.2, -0.15) is 13.2 Å². The minimum atomic E-state index is -4.21. The Bertz CT molecular complexity index is 616. The summed E-state index contributed by atoms with van der Waals surface area (Å²) in [6, 6.07) is 5.86. The molecule has 0 bridgehead atoms. The van der Waals surface area contributed by atoms with Crippen LogP contribution < -0.4 is 5.32 Å². The fourth-order valence-corrected chi connectivity index (χ4v) is 3.50. The molecular formula is C16H15BrF3N. The van der Waals surface area contributed by atoms with Gasteiger partial charge in [0.05, 0.1) is 6.04 Å². The number of benzene rings is 1. The van der Waals surface area contributed by atoms with Crippen molar-refractivity contribution in [2.24, 2.45) is 0 Å². The molecule has 0 radical (unpaired) electrons. The number of alkyl halides is 3. The van der Waals surface area contributed by atoms with Crippen LogP contribution in [0.4, 0.5) is 18.9 Å². The molecule has 1 aliphatic heterocycles. The largest absolute Gasteiger partial charge is 0.412 e. The summed E-state index contributed by atoms with van der Waals surface area (Å²) in [7, 11) is 0. The second-order valence-electron chi connectivity index (χ2n) is 5.41. The maximum absolute atomic E-state index is 12.9. The van der Waals surface area contributed by atoms with E-state index < -0.39 is 11.7 Å².